The van der Waals surface area contributed by atoms with Gasteiger partial charge in [-0.3, -0.25) is 13.9 Å². The summed E-state index contributed by atoms with van der Waals surface area (Å²) in [6, 6.07) is 2.16. The molecule has 0 saturated heterocycles. The molecule has 1 heterocycles. The molecule has 0 aliphatic rings. The molecule has 128 valence electrons. The summed E-state index contributed by atoms with van der Waals surface area (Å²) in [7, 11) is 6.96. The molecular formula is C16H27N5O2. The van der Waals surface area contributed by atoms with Gasteiger partial charge < -0.3 is 10.2 Å². The van der Waals surface area contributed by atoms with Crippen LogP contribution in [0.15, 0.2) is 9.59 Å². The van der Waals surface area contributed by atoms with Crippen LogP contribution in [0.1, 0.15) is 32.3 Å². The van der Waals surface area contributed by atoms with Crippen LogP contribution in [0.4, 0.5) is 5.82 Å². The number of nitrogens with one attached hydrogen (secondary N) is 1. The summed E-state index contributed by atoms with van der Waals surface area (Å²) in [6.45, 7) is 4.87. The predicted molar refractivity (Wildman–Crippen MR) is 91.7 cm³/mol. The van der Waals surface area contributed by atoms with Crippen LogP contribution in [0.25, 0.3) is 0 Å². The Hall–Kier alpha value is -2.07. The molecule has 7 heteroatoms. The van der Waals surface area contributed by atoms with Gasteiger partial charge in [-0.05, 0) is 20.0 Å². The molecular weight excluding hydrogens is 294 g/mol. The van der Waals surface area contributed by atoms with Crippen LogP contribution in [0, 0.1) is 17.2 Å². The zero-order valence-corrected chi connectivity index (χ0v) is 14.9. The Morgan fingerprint density at radius 2 is 1.74 bits per heavy atom. The van der Waals surface area contributed by atoms with Crippen molar-refractivity contribution in [3.05, 3.63) is 26.4 Å². The smallest absolute Gasteiger partial charge is 0.332 e. The molecule has 7 nitrogen and oxygen atoms in total. The summed E-state index contributed by atoms with van der Waals surface area (Å²) in [5.74, 6) is 0.782. The highest BCUT2D eigenvalue weighted by molar-refractivity contribution is 5.51. The summed E-state index contributed by atoms with van der Waals surface area (Å²) < 4.78 is 2.27. The van der Waals surface area contributed by atoms with Gasteiger partial charge in [0.15, 0.2) is 5.56 Å². The lowest BCUT2D eigenvalue weighted by Crippen LogP contribution is -2.43. The van der Waals surface area contributed by atoms with Crippen molar-refractivity contribution >= 4 is 5.82 Å². The second-order valence-electron chi connectivity index (χ2n) is 6.03. The number of nitrogens with zero attached hydrogens (tertiary/aromatic N) is 4. The van der Waals surface area contributed by atoms with E-state index in [1.165, 1.54) is 11.6 Å². The first-order chi connectivity index (χ1) is 10.8. The molecule has 1 atom stereocenters. The van der Waals surface area contributed by atoms with E-state index < -0.39 is 11.2 Å². The number of likely N-dealkylation sites (N-methyl/N-ethyl adjacent to an activating group) is 1. The van der Waals surface area contributed by atoms with Gasteiger partial charge in [-0.25, -0.2) is 4.79 Å². The summed E-state index contributed by atoms with van der Waals surface area (Å²) in [4.78, 5) is 26.3. The third-order valence-electron chi connectivity index (χ3n) is 4.51. The Bertz CT molecular complexity index is 692. The van der Waals surface area contributed by atoms with Crippen LogP contribution in [-0.2, 0) is 14.1 Å². The van der Waals surface area contributed by atoms with Crippen molar-refractivity contribution < 1.29 is 0 Å². The SMILES string of the molecule is CCC(CC)C(CNc1c(C#N)c(=O)n(C)c(=O)n1C)N(C)C. The minimum atomic E-state index is -0.568. The highest BCUT2D eigenvalue weighted by atomic mass is 16.2. The van der Waals surface area contributed by atoms with E-state index in [1.54, 1.807) is 7.05 Å². The Morgan fingerprint density at radius 3 is 2.17 bits per heavy atom. The standard InChI is InChI=1S/C16H27N5O2/c1-7-11(8-2)13(19(3)4)10-18-14-12(9-17)15(22)21(6)16(23)20(14)5/h11,13,18H,7-8,10H2,1-6H3. The fourth-order valence-electron chi connectivity index (χ4n) is 2.96. The maximum Gasteiger partial charge on any atom is 0.332 e. The van der Waals surface area contributed by atoms with E-state index >= 15 is 0 Å². The summed E-state index contributed by atoms with van der Waals surface area (Å²) in [6.07, 6.45) is 2.09. The van der Waals surface area contributed by atoms with E-state index in [9.17, 15) is 14.9 Å². The van der Waals surface area contributed by atoms with Crippen LogP contribution in [0.2, 0.25) is 0 Å². The molecule has 0 bridgehead atoms. The Morgan fingerprint density at radius 1 is 1.17 bits per heavy atom. The lowest BCUT2D eigenvalue weighted by atomic mass is 9.93. The van der Waals surface area contributed by atoms with E-state index in [-0.39, 0.29) is 11.6 Å². The number of aromatic nitrogens is 2. The van der Waals surface area contributed by atoms with Gasteiger partial charge >= 0.3 is 5.69 Å². The van der Waals surface area contributed by atoms with Crippen molar-refractivity contribution in [2.75, 3.05) is 26.0 Å². The Balaban J connectivity index is 3.22. The molecule has 1 N–H and O–H groups in total. The first-order valence-corrected chi connectivity index (χ1v) is 7.90. The van der Waals surface area contributed by atoms with E-state index in [2.05, 4.69) is 24.1 Å². The number of rotatable bonds is 7. The lowest BCUT2D eigenvalue weighted by molar-refractivity contribution is 0.210. The minimum Gasteiger partial charge on any atom is -0.369 e. The van der Waals surface area contributed by atoms with Gasteiger partial charge in [0.25, 0.3) is 5.56 Å². The Kier molecular flexibility index (Phi) is 6.58. The van der Waals surface area contributed by atoms with Gasteiger partial charge in [0, 0.05) is 26.7 Å². The average Bonchev–Trinajstić information content (AvgIpc) is 2.53. The van der Waals surface area contributed by atoms with Gasteiger partial charge in [-0.15, -0.1) is 0 Å². The van der Waals surface area contributed by atoms with Gasteiger partial charge in [0.2, 0.25) is 0 Å². The Labute approximate surface area is 137 Å². The molecule has 0 fully saturated rings. The first-order valence-electron chi connectivity index (χ1n) is 7.90. The van der Waals surface area contributed by atoms with E-state index in [0.29, 0.717) is 18.3 Å². The van der Waals surface area contributed by atoms with Crippen LogP contribution >= 0.6 is 0 Å². The number of hydrogen-bond donors (Lipinski definition) is 1. The monoisotopic (exact) mass is 321 g/mol. The van der Waals surface area contributed by atoms with Gasteiger partial charge in [0.05, 0.1) is 0 Å². The third-order valence-corrected chi connectivity index (χ3v) is 4.51. The summed E-state index contributed by atoms with van der Waals surface area (Å²) >= 11 is 0. The molecule has 23 heavy (non-hydrogen) atoms. The quantitative estimate of drug-likeness (QED) is 0.800. The second-order valence-corrected chi connectivity index (χ2v) is 6.03. The molecule has 1 unspecified atom stereocenters. The van der Waals surface area contributed by atoms with Crippen molar-refractivity contribution in [1.29, 1.82) is 5.26 Å². The van der Waals surface area contributed by atoms with Gasteiger partial charge in [-0.1, -0.05) is 26.7 Å². The van der Waals surface area contributed by atoms with Crippen LogP contribution in [-0.4, -0.2) is 40.7 Å². The van der Waals surface area contributed by atoms with Crippen molar-refractivity contribution in [3.63, 3.8) is 0 Å². The lowest BCUT2D eigenvalue weighted by Gasteiger charge is -2.32. The van der Waals surface area contributed by atoms with E-state index in [1.807, 2.05) is 20.2 Å². The van der Waals surface area contributed by atoms with Gasteiger partial charge in [0.1, 0.15) is 11.9 Å². The average molecular weight is 321 g/mol. The van der Waals surface area contributed by atoms with Crippen molar-refractivity contribution in [2.24, 2.45) is 20.0 Å². The van der Waals surface area contributed by atoms with E-state index in [4.69, 9.17) is 0 Å². The van der Waals surface area contributed by atoms with Crippen molar-refractivity contribution in [3.8, 4) is 6.07 Å². The van der Waals surface area contributed by atoms with Crippen LogP contribution < -0.4 is 16.6 Å². The van der Waals surface area contributed by atoms with Crippen LogP contribution in [0.5, 0.6) is 0 Å². The number of hydrogen-bond acceptors (Lipinski definition) is 5. The fraction of sp³-hybridized carbons (Fsp3) is 0.688. The molecule has 0 radical (unpaired) electrons. The predicted octanol–water partition coefficient (Wildman–Crippen LogP) is 0.734. The third kappa shape index (κ3) is 3.82. The molecule has 0 aromatic carbocycles. The summed E-state index contributed by atoms with van der Waals surface area (Å²) in [5, 5.41) is 12.4. The normalized spacial score (nSPS) is 12.5. The molecule has 0 saturated carbocycles. The maximum atomic E-state index is 12.1. The van der Waals surface area contributed by atoms with Crippen LogP contribution in [0.3, 0.4) is 0 Å². The van der Waals surface area contributed by atoms with Crippen molar-refractivity contribution in [1.82, 2.24) is 14.0 Å². The first kappa shape index (κ1) is 19.0. The zero-order valence-electron chi connectivity index (χ0n) is 14.9. The number of anilines is 1. The highest BCUT2D eigenvalue weighted by Gasteiger charge is 2.22. The molecule has 0 aliphatic heterocycles. The molecule has 1 aromatic rings. The fourth-order valence-corrected chi connectivity index (χ4v) is 2.96. The highest BCUT2D eigenvalue weighted by Crippen LogP contribution is 2.18. The second kappa shape index (κ2) is 7.97. The topological polar surface area (TPSA) is 83.1 Å². The molecule has 0 spiro atoms. The number of nitriles is 1. The maximum absolute atomic E-state index is 12.1. The molecule has 0 aliphatic carbocycles. The largest absolute Gasteiger partial charge is 0.369 e. The molecule has 1 aromatic heterocycles. The van der Waals surface area contributed by atoms with E-state index in [0.717, 1.165) is 17.4 Å². The molecule has 1 rings (SSSR count). The molecule has 0 amide bonds. The summed E-state index contributed by atoms with van der Waals surface area (Å²) in [5.41, 5.74) is -1.04. The minimum absolute atomic E-state index is 0.0309. The van der Waals surface area contributed by atoms with Gasteiger partial charge in [-0.2, -0.15) is 5.26 Å². The zero-order chi connectivity index (χ0) is 17.7. The van der Waals surface area contributed by atoms with Crippen molar-refractivity contribution in [2.45, 2.75) is 32.7 Å².